The zero-order valence-corrected chi connectivity index (χ0v) is 21.6. The SMILES string of the molecule is CCc1cccc(CC)c1-n1nc2c(c1-c1cc(F)c([N+](=O)[O-])cc1F)CN(C(=O)OC(C)(C)C)CC2. The van der Waals surface area contributed by atoms with Gasteiger partial charge in [-0.2, -0.15) is 9.49 Å². The highest BCUT2D eigenvalue weighted by Crippen LogP contribution is 2.38. The van der Waals surface area contributed by atoms with Crippen molar-refractivity contribution < 1.29 is 23.2 Å². The molecule has 10 heteroatoms. The number of aromatic nitrogens is 2. The lowest BCUT2D eigenvalue weighted by molar-refractivity contribution is -0.387. The van der Waals surface area contributed by atoms with Gasteiger partial charge in [-0.05, 0) is 50.8 Å². The standard InChI is InChI=1S/C27H30F2N4O4/c1-6-16-9-8-10-17(7-2)24(16)32-25(18-13-21(29)23(33(35)36)14-20(18)28)19-15-31(12-11-22(19)30-32)26(34)37-27(3,4)5/h8-10,13-14H,6-7,11-12,15H2,1-5H3. The first kappa shape index (κ1) is 26.2. The normalized spacial score (nSPS) is 13.4. The average Bonchev–Trinajstić information content (AvgIpc) is 3.21. The number of hydrogen-bond acceptors (Lipinski definition) is 5. The molecule has 37 heavy (non-hydrogen) atoms. The van der Waals surface area contributed by atoms with E-state index < -0.39 is 33.9 Å². The summed E-state index contributed by atoms with van der Waals surface area (Å²) in [6.07, 6.45) is 1.22. The molecule has 1 aliphatic heterocycles. The van der Waals surface area contributed by atoms with Crippen molar-refractivity contribution in [3.05, 3.63) is 74.5 Å². The molecule has 3 aromatic rings. The van der Waals surface area contributed by atoms with E-state index in [0.29, 0.717) is 43.1 Å². The first-order chi connectivity index (χ1) is 17.4. The minimum atomic E-state index is -1.15. The first-order valence-electron chi connectivity index (χ1n) is 12.3. The van der Waals surface area contributed by atoms with Gasteiger partial charge in [0.1, 0.15) is 11.4 Å². The lowest BCUT2D eigenvalue weighted by atomic mass is 9.98. The molecular formula is C27H30F2N4O4. The van der Waals surface area contributed by atoms with Gasteiger partial charge in [-0.15, -0.1) is 0 Å². The number of nitro groups is 1. The lowest BCUT2D eigenvalue weighted by Crippen LogP contribution is -2.39. The Bertz CT molecular complexity index is 1360. The number of rotatable bonds is 5. The number of carbonyl (C=O) groups excluding carboxylic acids is 1. The maximum absolute atomic E-state index is 15.4. The van der Waals surface area contributed by atoms with Crippen LogP contribution in [0.5, 0.6) is 0 Å². The first-order valence-corrected chi connectivity index (χ1v) is 12.3. The molecule has 1 aliphatic rings. The van der Waals surface area contributed by atoms with E-state index in [1.807, 2.05) is 32.0 Å². The average molecular weight is 513 g/mol. The molecule has 0 N–H and O–H groups in total. The minimum Gasteiger partial charge on any atom is -0.444 e. The van der Waals surface area contributed by atoms with Crippen molar-refractivity contribution in [2.75, 3.05) is 6.54 Å². The number of benzene rings is 2. The molecule has 0 fully saturated rings. The zero-order chi connectivity index (χ0) is 27.1. The van der Waals surface area contributed by atoms with Crippen LogP contribution in [0.4, 0.5) is 19.3 Å². The van der Waals surface area contributed by atoms with Crippen LogP contribution in [0.15, 0.2) is 30.3 Å². The van der Waals surface area contributed by atoms with E-state index in [2.05, 4.69) is 0 Å². The van der Waals surface area contributed by atoms with Crippen molar-refractivity contribution in [3.63, 3.8) is 0 Å². The topological polar surface area (TPSA) is 90.5 Å². The Labute approximate surface area is 214 Å². The van der Waals surface area contributed by atoms with Crippen LogP contribution in [0.1, 0.15) is 57.0 Å². The third-order valence-corrected chi connectivity index (χ3v) is 6.35. The van der Waals surface area contributed by atoms with Crippen molar-refractivity contribution in [2.24, 2.45) is 0 Å². The highest BCUT2D eigenvalue weighted by atomic mass is 19.1. The molecule has 0 saturated carbocycles. The molecule has 1 aromatic heterocycles. The Hall–Kier alpha value is -3.82. The quantitative estimate of drug-likeness (QED) is 0.302. The summed E-state index contributed by atoms with van der Waals surface area (Å²) in [4.78, 5) is 24.6. The Balaban J connectivity index is 1.97. The van der Waals surface area contributed by atoms with Crippen molar-refractivity contribution in [3.8, 4) is 16.9 Å². The predicted octanol–water partition coefficient (Wildman–Crippen LogP) is 6.14. The highest BCUT2D eigenvalue weighted by Gasteiger charge is 2.33. The van der Waals surface area contributed by atoms with E-state index in [1.54, 1.807) is 25.5 Å². The number of amides is 1. The fourth-order valence-electron chi connectivity index (χ4n) is 4.64. The summed E-state index contributed by atoms with van der Waals surface area (Å²) in [5, 5.41) is 16.0. The van der Waals surface area contributed by atoms with Gasteiger partial charge in [0.2, 0.25) is 5.82 Å². The Morgan fingerprint density at radius 1 is 1.14 bits per heavy atom. The summed E-state index contributed by atoms with van der Waals surface area (Å²) in [6, 6.07) is 7.29. The third kappa shape index (κ3) is 5.05. The molecule has 0 saturated heterocycles. The number of para-hydroxylation sites is 1. The number of nitro benzene ring substituents is 1. The second-order valence-corrected chi connectivity index (χ2v) is 10.0. The van der Waals surface area contributed by atoms with Gasteiger partial charge in [0, 0.05) is 24.1 Å². The van der Waals surface area contributed by atoms with E-state index >= 15 is 4.39 Å². The van der Waals surface area contributed by atoms with Gasteiger partial charge in [0.15, 0.2) is 0 Å². The summed E-state index contributed by atoms with van der Waals surface area (Å²) in [5.41, 5.74) is 2.37. The summed E-state index contributed by atoms with van der Waals surface area (Å²) in [6.45, 7) is 9.74. The van der Waals surface area contributed by atoms with Crippen LogP contribution in [-0.2, 0) is 30.5 Å². The van der Waals surface area contributed by atoms with Crippen LogP contribution in [0.2, 0.25) is 0 Å². The van der Waals surface area contributed by atoms with E-state index in [4.69, 9.17) is 9.84 Å². The number of nitrogens with zero attached hydrogens (tertiary/aromatic N) is 4. The molecule has 8 nitrogen and oxygen atoms in total. The molecular weight excluding hydrogens is 482 g/mol. The number of ether oxygens (including phenoxy) is 1. The number of carbonyl (C=O) groups is 1. The molecule has 0 bridgehead atoms. The van der Waals surface area contributed by atoms with Crippen LogP contribution < -0.4 is 0 Å². The summed E-state index contributed by atoms with van der Waals surface area (Å²) in [5.74, 6) is -2.10. The van der Waals surface area contributed by atoms with E-state index in [0.717, 1.165) is 22.9 Å². The Kier molecular flexibility index (Phi) is 7.03. The van der Waals surface area contributed by atoms with E-state index in [1.165, 1.54) is 4.90 Å². The van der Waals surface area contributed by atoms with Crippen LogP contribution >= 0.6 is 0 Å². The fourth-order valence-corrected chi connectivity index (χ4v) is 4.64. The smallest absolute Gasteiger partial charge is 0.410 e. The molecule has 2 heterocycles. The fraction of sp³-hybridized carbons (Fsp3) is 0.407. The summed E-state index contributed by atoms with van der Waals surface area (Å²) < 4.78 is 37.4. The maximum atomic E-state index is 15.4. The minimum absolute atomic E-state index is 0.0768. The predicted molar refractivity (Wildman–Crippen MR) is 135 cm³/mol. The van der Waals surface area contributed by atoms with E-state index in [9.17, 15) is 19.3 Å². The third-order valence-electron chi connectivity index (χ3n) is 6.35. The van der Waals surface area contributed by atoms with Gasteiger partial charge >= 0.3 is 11.8 Å². The van der Waals surface area contributed by atoms with Gasteiger partial charge in [-0.1, -0.05) is 32.0 Å². The van der Waals surface area contributed by atoms with Crippen LogP contribution in [0.3, 0.4) is 0 Å². The van der Waals surface area contributed by atoms with Crippen molar-refractivity contribution >= 4 is 11.8 Å². The molecule has 2 aromatic carbocycles. The Morgan fingerprint density at radius 3 is 2.35 bits per heavy atom. The van der Waals surface area contributed by atoms with Crippen LogP contribution in [-0.4, -0.2) is 37.8 Å². The second-order valence-electron chi connectivity index (χ2n) is 10.0. The molecule has 0 spiro atoms. The summed E-state index contributed by atoms with van der Waals surface area (Å²) >= 11 is 0. The van der Waals surface area contributed by atoms with Crippen molar-refractivity contribution in [1.82, 2.24) is 14.7 Å². The molecule has 0 aliphatic carbocycles. The number of hydrogen-bond donors (Lipinski definition) is 0. The molecule has 0 radical (unpaired) electrons. The number of halogens is 2. The molecule has 0 unspecified atom stereocenters. The molecule has 1 amide bonds. The van der Waals surface area contributed by atoms with Crippen LogP contribution in [0.25, 0.3) is 16.9 Å². The van der Waals surface area contributed by atoms with Gasteiger partial charge in [-0.25, -0.2) is 13.9 Å². The lowest BCUT2D eigenvalue weighted by Gasteiger charge is -2.30. The largest absolute Gasteiger partial charge is 0.444 e. The van der Waals surface area contributed by atoms with Gasteiger partial charge in [0.05, 0.1) is 34.6 Å². The highest BCUT2D eigenvalue weighted by molar-refractivity contribution is 5.73. The molecule has 196 valence electrons. The molecule has 4 rings (SSSR count). The van der Waals surface area contributed by atoms with E-state index in [-0.39, 0.29) is 17.8 Å². The number of aryl methyl sites for hydroxylation is 2. The number of fused-ring (bicyclic) bond motifs is 1. The van der Waals surface area contributed by atoms with Gasteiger partial charge in [0.25, 0.3) is 0 Å². The second kappa shape index (κ2) is 9.91. The van der Waals surface area contributed by atoms with Crippen molar-refractivity contribution in [2.45, 2.75) is 66.0 Å². The zero-order valence-electron chi connectivity index (χ0n) is 21.6. The Morgan fingerprint density at radius 2 is 1.78 bits per heavy atom. The van der Waals surface area contributed by atoms with Crippen LogP contribution in [0, 0.1) is 21.7 Å². The maximum Gasteiger partial charge on any atom is 0.410 e. The van der Waals surface area contributed by atoms with Gasteiger partial charge < -0.3 is 9.64 Å². The summed E-state index contributed by atoms with van der Waals surface area (Å²) in [7, 11) is 0. The van der Waals surface area contributed by atoms with Crippen molar-refractivity contribution in [1.29, 1.82) is 0 Å². The monoisotopic (exact) mass is 512 g/mol. The van der Waals surface area contributed by atoms with Gasteiger partial charge in [-0.3, -0.25) is 10.1 Å². The molecule has 0 atom stereocenters.